The highest BCUT2D eigenvalue weighted by Crippen LogP contribution is 2.41. The largest absolute Gasteiger partial charge is 0.456 e. The second-order valence-corrected chi connectivity index (χ2v) is 12.5. The van der Waals surface area contributed by atoms with Crippen molar-refractivity contribution in [3.05, 3.63) is 82.8 Å². The summed E-state index contributed by atoms with van der Waals surface area (Å²) in [5.41, 5.74) is 3.77. The lowest BCUT2D eigenvalue weighted by molar-refractivity contribution is 0.0527. The molecular weight excluding hydrogens is 544 g/mol. The number of piperidine rings is 1. The van der Waals surface area contributed by atoms with Gasteiger partial charge in [-0.15, -0.1) is 0 Å². The highest BCUT2D eigenvalue weighted by atomic mass is 16.6. The molecule has 1 aliphatic heterocycles. The van der Waals surface area contributed by atoms with Gasteiger partial charge in [0, 0.05) is 43.1 Å². The first-order valence-electron chi connectivity index (χ1n) is 14.9. The molecule has 230 valence electrons. The number of carbonyl (C=O) groups excluding carboxylic acids is 3. The molecular formula is C34H44N4O5. The standard InChI is InChI=1S/C34H44N4O5/c1-23-10-7-8-11-28(23)38-20-16-34(6,17-21-38)26-14-13-25(22-27(26)37-31(40)29-15-12-24(2)42-29)30(39)35-18-9-19-36-32(41)43-33(3,4)5/h7-8,10-15,22H,9,16-21H2,1-6H3,(H,35,39)(H,36,41)(H,37,40). The van der Waals surface area contributed by atoms with E-state index in [0.29, 0.717) is 36.5 Å². The average Bonchev–Trinajstić information content (AvgIpc) is 3.39. The summed E-state index contributed by atoms with van der Waals surface area (Å²) in [5, 5.41) is 8.63. The van der Waals surface area contributed by atoms with Crippen molar-refractivity contribution in [2.45, 2.75) is 71.8 Å². The van der Waals surface area contributed by atoms with Gasteiger partial charge in [-0.2, -0.15) is 0 Å². The van der Waals surface area contributed by atoms with Gasteiger partial charge < -0.3 is 30.0 Å². The molecule has 3 N–H and O–H groups in total. The first kappa shape index (κ1) is 31.7. The number of ether oxygens (including phenoxy) is 1. The van der Waals surface area contributed by atoms with E-state index >= 15 is 0 Å². The zero-order valence-electron chi connectivity index (χ0n) is 26.1. The number of hydrogen-bond donors (Lipinski definition) is 3. The topological polar surface area (TPSA) is 113 Å². The highest BCUT2D eigenvalue weighted by Gasteiger charge is 2.35. The fourth-order valence-electron chi connectivity index (χ4n) is 5.38. The van der Waals surface area contributed by atoms with Crippen LogP contribution in [0, 0.1) is 13.8 Å². The molecule has 1 aromatic heterocycles. The lowest BCUT2D eigenvalue weighted by atomic mass is 9.73. The Morgan fingerprint density at radius 1 is 0.930 bits per heavy atom. The van der Waals surface area contributed by atoms with Crippen LogP contribution in [0.3, 0.4) is 0 Å². The number of hydrogen-bond acceptors (Lipinski definition) is 6. The molecule has 43 heavy (non-hydrogen) atoms. The number of anilines is 2. The Morgan fingerprint density at radius 2 is 1.63 bits per heavy atom. The second kappa shape index (κ2) is 13.4. The van der Waals surface area contributed by atoms with E-state index in [1.165, 1.54) is 11.3 Å². The summed E-state index contributed by atoms with van der Waals surface area (Å²) in [7, 11) is 0. The van der Waals surface area contributed by atoms with Gasteiger partial charge in [-0.3, -0.25) is 9.59 Å². The molecule has 9 nitrogen and oxygen atoms in total. The normalized spacial score (nSPS) is 14.6. The molecule has 1 saturated heterocycles. The second-order valence-electron chi connectivity index (χ2n) is 12.5. The maximum atomic E-state index is 13.1. The van der Waals surface area contributed by atoms with E-state index in [1.54, 1.807) is 45.9 Å². The van der Waals surface area contributed by atoms with Gasteiger partial charge in [0.15, 0.2) is 5.76 Å². The third-order valence-electron chi connectivity index (χ3n) is 7.77. The molecule has 3 aromatic rings. The smallest absolute Gasteiger partial charge is 0.407 e. The van der Waals surface area contributed by atoms with E-state index in [2.05, 4.69) is 59.0 Å². The molecule has 0 aliphatic carbocycles. The molecule has 0 spiro atoms. The zero-order valence-corrected chi connectivity index (χ0v) is 26.1. The quantitative estimate of drug-likeness (QED) is 0.251. The van der Waals surface area contributed by atoms with Crippen molar-refractivity contribution in [2.75, 3.05) is 36.4 Å². The van der Waals surface area contributed by atoms with Crippen molar-refractivity contribution in [1.29, 1.82) is 0 Å². The number of amides is 3. The number of rotatable bonds is 9. The Bertz CT molecular complexity index is 1450. The molecule has 0 radical (unpaired) electrons. The number of alkyl carbamates (subject to hydrolysis) is 1. The first-order valence-corrected chi connectivity index (χ1v) is 14.9. The molecule has 1 fully saturated rings. The van der Waals surface area contributed by atoms with Crippen LogP contribution in [0.4, 0.5) is 16.2 Å². The number of benzene rings is 2. The van der Waals surface area contributed by atoms with Gasteiger partial charge in [0.1, 0.15) is 11.4 Å². The van der Waals surface area contributed by atoms with Crippen molar-refractivity contribution in [3.8, 4) is 0 Å². The predicted molar refractivity (Wildman–Crippen MR) is 169 cm³/mol. The number of para-hydroxylation sites is 1. The molecule has 9 heteroatoms. The minimum absolute atomic E-state index is 0.205. The van der Waals surface area contributed by atoms with Gasteiger partial charge in [0.2, 0.25) is 0 Å². The van der Waals surface area contributed by atoms with Crippen LogP contribution in [-0.2, 0) is 10.2 Å². The lowest BCUT2D eigenvalue weighted by Gasteiger charge is -2.42. The molecule has 0 bridgehead atoms. The van der Waals surface area contributed by atoms with Gasteiger partial charge >= 0.3 is 6.09 Å². The van der Waals surface area contributed by atoms with Crippen LogP contribution < -0.4 is 20.9 Å². The van der Waals surface area contributed by atoms with Crippen LogP contribution in [0.25, 0.3) is 0 Å². The summed E-state index contributed by atoms with van der Waals surface area (Å²) in [6, 6.07) is 17.3. The van der Waals surface area contributed by atoms with Crippen LogP contribution >= 0.6 is 0 Å². The summed E-state index contributed by atoms with van der Waals surface area (Å²) in [4.78, 5) is 40.5. The summed E-state index contributed by atoms with van der Waals surface area (Å²) >= 11 is 0. The summed E-state index contributed by atoms with van der Waals surface area (Å²) in [6.45, 7) is 14.1. The Labute approximate surface area is 254 Å². The van der Waals surface area contributed by atoms with Crippen LogP contribution in [0.2, 0.25) is 0 Å². The molecule has 0 unspecified atom stereocenters. The lowest BCUT2D eigenvalue weighted by Crippen LogP contribution is -2.41. The Kier molecular flexibility index (Phi) is 9.84. The maximum Gasteiger partial charge on any atom is 0.407 e. The summed E-state index contributed by atoms with van der Waals surface area (Å²) < 4.78 is 10.8. The number of aryl methyl sites for hydroxylation is 2. The molecule has 2 aromatic carbocycles. The fourth-order valence-corrected chi connectivity index (χ4v) is 5.38. The van der Waals surface area contributed by atoms with E-state index < -0.39 is 11.7 Å². The predicted octanol–water partition coefficient (Wildman–Crippen LogP) is 6.35. The molecule has 0 saturated carbocycles. The minimum Gasteiger partial charge on any atom is -0.456 e. The monoisotopic (exact) mass is 588 g/mol. The Morgan fingerprint density at radius 3 is 2.28 bits per heavy atom. The van der Waals surface area contributed by atoms with Gasteiger partial charge in [0.05, 0.1) is 0 Å². The molecule has 4 rings (SSSR count). The van der Waals surface area contributed by atoms with Crippen molar-refractivity contribution in [3.63, 3.8) is 0 Å². The van der Waals surface area contributed by atoms with E-state index in [0.717, 1.165) is 31.5 Å². The number of furan rings is 1. The third-order valence-corrected chi connectivity index (χ3v) is 7.77. The number of nitrogens with one attached hydrogen (secondary N) is 3. The summed E-state index contributed by atoms with van der Waals surface area (Å²) in [5.74, 6) is 0.249. The average molecular weight is 589 g/mol. The Hall–Kier alpha value is -4.27. The number of nitrogens with zero attached hydrogens (tertiary/aromatic N) is 1. The number of carbonyl (C=O) groups is 3. The SMILES string of the molecule is Cc1ccc(C(=O)Nc2cc(C(=O)NCCCNC(=O)OC(C)(C)C)ccc2C2(C)CCN(c3ccccc3C)CC2)o1. The van der Waals surface area contributed by atoms with Crippen molar-refractivity contribution >= 4 is 29.3 Å². The van der Waals surface area contributed by atoms with Gasteiger partial charge in [0.25, 0.3) is 11.8 Å². The minimum atomic E-state index is -0.567. The van der Waals surface area contributed by atoms with Gasteiger partial charge in [-0.25, -0.2) is 4.79 Å². The van der Waals surface area contributed by atoms with Crippen molar-refractivity contribution < 1.29 is 23.5 Å². The van der Waals surface area contributed by atoms with Gasteiger partial charge in [-0.1, -0.05) is 31.2 Å². The van der Waals surface area contributed by atoms with Crippen LogP contribution in [0.1, 0.15) is 84.8 Å². The van der Waals surface area contributed by atoms with Crippen LogP contribution in [0.5, 0.6) is 0 Å². The van der Waals surface area contributed by atoms with Gasteiger partial charge in [-0.05, 0) is 101 Å². The molecule has 1 aliphatic rings. The molecule has 0 atom stereocenters. The third kappa shape index (κ3) is 8.40. The molecule has 3 amide bonds. The van der Waals surface area contributed by atoms with Crippen LogP contribution in [-0.4, -0.2) is 49.7 Å². The fraction of sp³-hybridized carbons (Fsp3) is 0.441. The van der Waals surface area contributed by atoms with Crippen molar-refractivity contribution in [2.24, 2.45) is 0 Å². The van der Waals surface area contributed by atoms with Crippen molar-refractivity contribution in [1.82, 2.24) is 10.6 Å². The maximum absolute atomic E-state index is 13.1. The Balaban J connectivity index is 1.46. The van der Waals surface area contributed by atoms with E-state index in [1.807, 2.05) is 12.1 Å². The molecule has 2 heterocycles. The van der Waals surface area contributed by atoms with E-state index in [-0.39, 0.29) is 23.0 Å². The first-order chi connectivity index (χ1) is 20.3. The summed E-state index contributed by atoms with van der Waals surface area (Å²) in [6.07, 6.45) is 1.83. The van der Waals surface area contributed by atoms with E-state index in [9.17, 15) is 14.4 Å². The zero-order chi connectivity index (χ0) is 31.2. The van der Waals surface area contributed by atoms with Crippen LogP contribution in [0.15, 0.2) is 59.0 Å². The van der Waals surface area contributed by atoms with E-state index in [4.69, 9.17) is 9.15 Å². The highest BCUT2D eigenvalue weighted by molar-refractivity contribution is 6.04.